The summed E-state index contributed by atoms with van der Waals surface area (Å²) in [5.41, 5.74) is 0. The third-order valence-electron chi connectivity index (χ3n) is 3.94. The maximum absolute atomic E-state index is 11.4. The van der Waals surface area contributed by atoms with Crippen LogP contribution in [0.15, 0.2) is 0 Å². The molecule has 1 N–H and O–H groups in total. The third-order valence-corrected chi connectivity index (χ3v) is 3.94. The maximum Gasteiger partial charge on any atom is 0.407 e. The van der Waals surface area contributed by atoms with Crippen molar-refractivity contribution in [1.29, 1.82) is 0 Å². The number of rotatable bonds is 2. The van der Waals surface area contributed by atoms with E-state index in [4.69, 9.17) is 4.74 Å². The van der Waals surface area contributed by atoms with E-state index in [1.165, 1.54) is 19.3 Å². The van der Waals surface area contributed by atoms with Gasteiger partial charge in [-0.25, -0.2) is 4.79 Å². The molecular formula is C12H22N2O2. The van der Waals surface area contributed by atoms with E-state index >= 15 is 0 Å². The summed E-state index contributed by atoms with van der Waals surface area (Å²) in [5, 5.41) is 2.98. The molecule has 0 saturated carbocycles. The molecule has 2 aliphatic heterocycles. The Bertz CT molecular complexity index is 243. The number of piperidine rings is 2. The van der Waals surface area contributed by atoms with Gasteiger partial charge in [0.2, 0.25) is 0 Å². The highest BCUT2D eigenvalue weighted by molar-refractivity contribution is 5.67. The molecule has 2 aliphatic rings. The number of carbonyl (C=O) groups excluding carboxylic acids is 1. The van der Waals surface area contributed by atoms with Crippen LogP contribution in [0.25, 0.3) is 0 Å². The van der Waals surface area contributed by atoms with Gasteiger partial charge in [-0.2, -0.15) is 0 Å². The molecule has 0 aromatic carbocycles. The monoisotopic (exact) mass is 226 g/mol. The molecule has 16 heavy (non-hydrogen) atoms. The van der Waals surface area contributed by atoms with Crippen LogP contribution in [-0.4, -0.2) is 42.8 Å². The predicted octanol–water partition coefficient (Wildman–Crippen LogP) is 1.75. The summed E-state index contributed by atoms with van der Waals surface area (Å²) in [6.07, 6.45) is 5.78. The van der Waals surface area contributed by atoms with Crippen molar-refractivity contribution in [2.45, 2.75) is 57.2 Å². The number of hydrogen-bond donors (Lipinski definition) is 1. The van der Waals surface area contributed by atoms with Crippen LogP contribution < -0.4 is 5.32 Å². The molecule has 4 nitrogen and oxygen atoms in total. The highest BCUT2D eigenvalue weighted by Crippen LogP contribution is 2.32. The van der Waals surface area contributed by atoms with Crippen LogP contribution in [0.4, 0.5) is 4.79 Å². The number of hydrogen-bond acceptors (Lipinski definition) is 3. The van der Waals surface area contributed by atoms with Gasteiger partial charge in [0.05, 0.1) is 6.61 Å². The van der Waals surface area contributed by atoms with Crippen LogP contribution >= 0.6 is 0 Å². The lowest BCUT2D eigenvalue weighted by Crippen LogP contribution is -2.55. The summed E-state index contributed by atoms with van der Waals surface area (Å²) in [5.74, 6) is 0. The first kappa shape index (κ1) is 11.7. The number of nitrogens with one attached hydrogen (secondary N) is 1. The van der Waals surface area contributed by atoms with Crippen LogP contribution in [0.2, 0.25) is 0 Å². The number of ether oxygens (including phenoxy) is 1. The van der Waals surface area contributed by atoms with E-state index in [0.29, 0.717) is 24.7 Å². The highest BCUT2D eigenvalue weighted by Gasteiger charge is 2.36. The Labute approximate surface area is 97.3 Å². The van der Waals surface area contributed by atoms with E-state index in [2.05, 4.69) is 17.3 Å². The van der Waals surface area contributed by atoms with Crippen LogP contribution in [0.5, 0.6) is 0 Å². The molecule has 0 aromatic heterocycles. The lowest BCUT2D eigenvalue weighted by atomic mass is 9.82. The largest absolute Gasteiger partial charge is 0.450 e. The zero-order valence-corrected chi connectivity index (χ0v) is 10.2. The van der Waals surface area contributed by atoms with Gasteiger partial charge in [-0.05, 0) is 39.7 Å². The first-order chi connectivity index (χ1) is 7.70. The Kier molecular flexibility index (Phi) is 3.69. The molecule has 2 heterocycles. The van der Waals surface area contributed by atoms with Crippen LogP contribution in [-0.2, 0) is 4.74 Å². The van der Waals surface area contributed by atoms with Crippen molar-refractivity contribution in [3.8, 4) is 0 Å². The van der Waals surface area contributed by atoms with Crippen LogP contribution in [0.3, 0.4) is 0 Å². The fraction of sp³-hybridized carbons (Fsp3) is 0.917. The maximum atomic E-state index is 11.4. The van der Waals surface area contributed by atoms with Crippen molar-refractivity contribution in [2.24, 2.45) is 0 Å². The molecule has 0 aromatic rings. The molecule has 4 heteroatoms. The molecule has 1 amide bonds. The van der Waals surface area contributed by atoms with E-state index in [1.807, 2.05) is 6.92 Å². The minimum atomic E-state index is -0.255. The summed E-state index contributed by atoms with van der Waals surface area (Å²) in [7, 11) is 2.22. The summed E-state index contributed by atoms with van der Waals surface area (Å²) < 4.78 is 4.93. The number of amides is 1. The molecule has 2 fully saturated rings. The van der Waals surface area contributed by atoms with E-state index < -0.39 is 0 Å². The van der Waals surface area contributed by atoms with Gasteiger partial charge in [0, 0.05) is 18.1 Å². The molecule has 2 bridgehead atoms. The normalized spacial score (nSPS) is 34.5. The Morgan fingerprint density at radius 1 is 1.38 bits per heavy atom. The Balaban J connectivity index is 1.87. The van der Waals surface area contributed by atoms with Gasteiger partial charge in [-0.15, -0.1) is 0 Å². The predicted molar refractivity (Wildman–Crippen MR) is 62.4 cm³/mol. The molecule has 2 atom stereocenters. The van der Waals surface area contributed by atoms with Crippen LogP contribution in [0.1, 0.15) is 39.0 Å². The number of fused-ring (bicyclic) bond motifs is 2. The second-order valence-corrected chi connectivity index (χ2v) is 4.94. The van der Waals surface area contributed by atoms with Crippen molar-refractivity contribution >= 4 is 6.09 Å². The SMILES string of the molecule is CCOC(=O)NC1CC2CCCC(C1)N2C. The summed E-state index contributed by atoms with van der Waals surface area (Å²) >= 11 is 0. The Morgan fingerprint density at radius 3 is 2.56 bits per heavy atom. The lowest BCUT2D eigenvalue weighted by Gasteiger charge is -2.47. The van der Waals surface area contributed by atoms with Gasteiger partial charge in [0.15, 0.2) is 0 Å². The Morgan fingerprint density at radius 2 is 2.00 bits per heavy atom. The first-order valence-corrected chi connectivity index (χ1v) is 6.36. The fourth-order valence-corrected chi connectivity index (χ4v) is 3.07. The number of nitrogens with zero attached hydrogens (tertiary/aromatic N) is 1. The first-order valence-electron chi connectivity index (χ1n) is 6.36. The standard InChI is InChI=1S/C12H22N2O2/c1-3-16-12(15)13-9-7-10-5-4-6-11(8-9)14(10)2/h9-11H,3-8H2,1-2H3,(H,13,15). The van der Waals surface area contributed by atoms with E-state index in [9.17, 15) is 4.79 Å². The van der Waals surface area contributed by atoms with E-state index in [0.717, 1.165) is 12.8 Å². The molecule has 92 valence electrons. The van der Waals surface area contributed by atoms with Gasteiger partial charge in [-0.1, -0.05) is 6.42 Å². The molecule has 2 saturated heterocycles. The molecule has 0 aliphatic carbocycles. The van der Waals surface area contributed by atoms with Gasteiger partial charge < -0.3 is 15.0 Å². The van der Waals surface area contributed by atoms with Crippen molar-refractivity contribution in [2.75, 3.05) is 13.7 Å². The van der Waals surface area contributed by atoms with Crippen LogP contribution in [0, 0.1) is 0 Å². The minimum absolute atomic E-state index is 0.255. The summed E-state index contributed by atoms with van der Waals surface area (Å²) in [6.45, 7) is 2.29. The van der Waals surface area contributed by atoms with Gasteiger partial charge in [0.1, 0.15) is 0 Å². The molecule has 0 radical (unpaired) electrons. The zero-order valence-electron chi connectivity index (χ0n) is 10.2. The topological polar surface area (TPSA) is 41.6 Å². The highest BCUT2D eigenvalue weighted by atomic mass is 16.5. The zero-order chi connectivity index (χ0) is 11.5. The lowest BCUT2D eigenvalue weighted by molar-refractivity contribution is 0.0468. The van der Waals surface area contributed by atoms with Gasteiger partial charge >= 0.3 is 6.09 Å². The molecule has 2 unspecified atom stereocenters. The summed E-state index contributed by atoms with van der Waals surface area (Å²) in [4.78, 5) is 13.9. The van der Waals surface area contributed by atoms with Crippen molar-refractivity contribution < 1.29 is 9.53 Å². The van der Waals surface area contributed by atoms with Gasteiger partial charge in [0.25, 0.3) is 0 Å². The molecule has 2 rings (SSSR count). The van der Waals surface area contributed by atoms with Crippen molar-refractivity contribution in [3.05, 3.63) is 0 Å². The van der Waals surface area contributed by atoms with Gasteiger partial charge in [-0.3, -0.25) is 0 Å². The second kappa shape index (κ2) is 5.04. The van der Waals surface area contributed by atoms with E-state index in [1.54, 1.807) is 0 Å². The van der Waals surface area contributed by atoms with E-state index in [-0.39, 0.29) is 6.09 Å². The number of carbonyl (C=O) groups is 1. The van der Waals surface area contributed by atoms with Crippen molar-refractivity contribution in [1.82, 2.24) is 10.2 Å². The average molecular weight is 226 g/mol. The number of alkyl carbamates (subject to hydrolysis) is 1. The molecule has 0 spiro atoms. The Hall–Kier alpha value is -0.770. The average Bonchev–Trinajstić information content (AvgIpc) is 2.20. The third kappa shape index (κ3) is 2.48. The quantitative estimate of drug-likeness (QED) is 0.780. The summed E-state index contributed by atoms with van der Waals surface area (Å²) in [6, 6.07) is 1.62. The van der Waals surface area contributed by atoms with Crippen molar-refractivity contribution in [3.63, 3.8) is 0 Å². The smallest absolute Gasteiger partial charge is 0.407 e. The fourth-order valence-electron chi connectivity index (χ4n) is 3.07. The minimum Gasteiger partial charge on any atom is -0.450 e. The second-order valence-electron chi connectivity index (χ2n) is 4.94. The molecular weight excluding hydrogens is 204 g/mol.